The van der Waals surface area contributed by atoms with Gasteiger partial charge in [0.1, 0.15) is 11.6 Å². The average molecular weight is 306 g/mol. The highest BCUT2D eigenvalue weighted by Crippen LogP contribution is 2.33. The smallest absolute Gasteiger partial charge is 0.404 e. The summed E-state index contributed by atoms with van der Waals surface area (Å²) in [5, 5.41) is 9.23. The second-order valence-electron chi connectivity index (χ2n) is 5.69. The van der Waals surface area contributed by atoms with Gasteiger partial charge in [0.15, 0.2) is 0 Å². The summed E-state index contributed by atoms with van der Waals surface area (Å²) in [5.41, 5.74) is 4.39. The van der Waals surface area contributed by atoms with Gasteiger partial charge in [0.2, 0.25) is 0 Å². The summed E-state index contributed by atoms with van der Waals surface area (Å²) in [4.78, 5) is 12.6. The monoisotopic (exact) mass is 306 g/mol. The topological polar surface area (TPSA) is 66.6 Å². The second kappa shape index (κ2) is 7.49. The third-order valence-electron chi connectivity index (χ3n) is 4.09. The number of unbranched alkanes of at least 4 members (excludes halogenated alkanes) is 1. The fraction of sp³-hybridized carbons (Fsp3) is 0.923. The minimum absolute atomic E-state index is 0.0134. The van der Waals surface area contributed by atoms with Crippen LogP contribution in [0, 0.1) is 0 Å². The molecular weight excluding hydrogens is 284 g/mol. The molecule has 21 heavy (non-hydrogen) atoms. The number of carboxylic acids is 1. The number of alkyl halides is 3. The molecule has 1 fully saturated rings. The summed E-state index contributed by atoms with van der Waals surface area (Å²) in [5.74, 6) is -1.16. The SMILES string of the molecule is [B]CCCCC(N)(CCN1CCCC1C(F)(F)F)C(=O)O. The number of hydrogen-bond donors (Lipinski definition) is 2. The number of nitrogens with zero attached hydrogens (tertiary/aromatic N) is 1. The van der Waals surface area contributed by atoms with E-state index in [9.17, 15) is 23.1 Å². The van der Waals surface area contributed by atoms with Crippen LogP contribution < -0.4 is 5.73 Å². The largest absolute Gasteiger partial charge is 0.480 e. The lowest BCUT2D eigenvalue weighted by atomic mass is 9.88. The van der Waals surface area contributed by atoms with Gasteiger partial charge in [-0.15, -0.1) is 0 Å². The number of likely N-dealkylation sites (tertiary alicyclic amines) is 1. The van der Waals surface area contributed by atoms with Gasteiger partial charge in [-0.3, -0.25) is 9.69 Å². The predicted molar refractivity (Wildman–Crippen MR) is 74.2 cm³/mol. The molecule has 1 saturated heterocycles. The van der Waals surface area contributed by atoms with Crippen molar-refractivity contribution in [3.8, 4) is 0 Å². The van der Waals surface area contributed by atoms with Gasteiger partial charge in [0, 0.05) is 6.54 Å². The van der Waals surface area contributed by atoms with Crippen LogP contribution in [0.5, 0.6) is 0 Å². The Bertz CT molecular complexity index is 355. The molecule has 0 aliphatic carbocycles. The summed E-state index contributed by atoms with van der Waals surface area (Å²) in [7, 11) is 5.35. The summed E-state index contributed by atoms with van der Waals surface area (Å²) in [6.45, 7) is 0.387. The molecule has 2 radical (unpaired) electrons. The lowest BCUT2D eigenvalue weighted by molar-refractivity contribution is -0.176. The number of nitrogens with two attached hydrogens (primary N) is 1. The zero-order valence-corrected chi connectivity index (χ0v) is 12.0. The molecule has 1 aliphatic rings. The molecule has 2 atom stereocenters. The Morgan fingerprint density at radius 1 is 1.33 bits per heavy atom. The van der Waals surface area contributed by atoms with Crippen molar-refractivity contribution in [2.24, 2.45) is 5.73 Å². The highest BCUT2D eigenvalue weighted by molar-refractivity contribution is 6.08. The van der Waals surface area contributed by atoms with Crippen molar-refractivity contribution >= 4 is 13.8 Å². The van der Waals surface area contributed by atoms with Crippen LogP contribution in [0.25, 0.3) is 0 Å². The maximum atomic E-state index is 12.8. The van der Waals surface area contributed by atoms with Crippen LogP contribution in [-0.4, -0.2) is 54.7 Å². The number of carbonyl (C=O) groups is 1. The van der Waals surface area contributed by atoms with Crippen LogP contribution in [0.1, 0.15) is 38.5 Å². The standard InChI is InChI=1S/C13H22BF3N2O2/c14-7-2-1-5-12(18,11(20)21)6-9-19-8-3-4-10(19)13(15,16)17/h10H,1-9,18H2,(H,20,21). The summed E-state index contributed by atoms with van der Waals surface area (Å²) >= 11 is 0. The van der Waals surface area contributed by atoms with Crippen LogP contribution in [0.4, 0.5) is 13.2 Å². The molecule has 3 N–H and O–H groups in total. The molecule has 0 saturated carbocycles. The Labute approximate surface area is 124 Å². The third kappa shape index (κ3) is 5.18. The first-order valence-electron chi connectivity index (χ1n) is 7.24. The van der Waals surface area contributed by atoms with Crippen LogP contribution >= 0.6 is 0 Å². The Kier molecular flexibility index (Phi) is 6.53. The molecule has 8 heteroatoms. The van der Waals surface area contributed by atoms with E-state index < -0.39 is 23.7 Å². The van der Waals surface area contributed by atoms with Crippen LogP contribution in [-0.2, 0) is 4.79 Å². The molecule has 0 amide bonds. The lowest BCUT2D eigenvalue weighted by Gasteiger charge is -2.31. The first kappa shape index (κ1) is 18.3. The van der Waals surface area contributed by atoms with Gasteiger partial charge in [0.25, 0.3) is 0 Å². The van der Waals surface area contributed by atoms with Gasteiger partial charge < -0.3 is 10.8 Å². The van der Waals surface area contributed by atoms with E-state index in [0.29, 0.717) is 32.1 Å². The molecule has 120 valence electrons. The van der Waals surface area contributed by atoms with Crippen molar-refractivity contribution in [1.29, 1.82) is 0 Å². The molecule has 1 aliphatic heterocycles. The van der Waals surface area contributed by atoms with Crippen molar-refractivity contribution in [1.82, 2.24) is 4.90 Å². The van der Waals surface area contributed by atoms with Crippen molar-refractivity contribution in [3.05, 3.63) is 0 Å². The van der Waals surface area contributed by atoms with Crippen molar-refractivity contribution in [3.63, 3.8) is 0 Å². The second-order valence-corrected chi connectivity index (χ2v) is 5.69. The molecule has 1 rings (SSSR count). The van der Waals surface area contributed by atoms with Gasteiger partial charge in [-0.2, -0.15) is 13.2 Å². The number of hydrogen-bond acceptors (Lipinski definition) is 3. The zero-order chi connectivity index (χ0) is 16.1. The maximum Gasteiger partial charge on any atom is 0.404 e. The molecular formula is C13H22BF3N2O2. The van der Waals surface area contributed by atoms with Gasteiger partial charge >= 0.3 is 12.1 Å². The van der Waals surface area contributed by atoms with E-state index in [2.05, 4.69) is 0 Å². The predicted octanol–water partition coefficient (Wildman–Crippen LogP) is 1.94. The van der Waals surface area contributed by atoms with Crippen molar-refractivity contribution in [2.45, 2.75) is 62.6 Å². The summed E-state index contributed by atoms with van der Waals surface area (Å²) in [6, 6.07) is -1.47. The molecule has 0 bridgehead atoms. The van der Waals surface area contributed by atoms with E-state index in [0.717, 1.165) is 0 Å². The average Bonchev–Trinajstić information content (AvgIpc) is 2.85. The fourth-order valence-corrected chi connectivity index (χ4v) is 2.73. The van der Waals surface area contributed by atoms with Gasteiger partial charge in [-0.05, 0) is 32.2 Å². The van der Waals surface area contributed by atoms with Crippen LogP contribution in [0.15, 0.2) is 0 Å². The molecule has 4 nitrogen and oxygen atoms in total. The molecule has 0 aromatic carbocycles. The molecule has 0 aromatic heterocycles. The first-order valence-corrected chi connectivity index (χ1v) is 7.24. The Balaban J connectivity index is 2.58. The Morgan fingerprint density at radius 2 is 2.00 bits per heavy atom. The molecule has 0 aromatic rings. The minimum atomic E-state index is -4.27. The van der Waals surface area contributed by atoms with E-state index in [1.54, 1.807) is 0 Å². The van der Waals surface area contributed by atoms with E-state index in [4.69, 9.17) is 13.6 Å². The minimum Gasteiger partial charge on any atom is -0.480 e. The van der Waals surface area contributed by atoms with E-state index >= 15 is 0 Å². The Hall–Kier alpha value is -0.755. The van der Waals surface area contributed by atoms with Gasteiger partial charge in [0.05, 0.1) is 7.85 Å². The fourth-order valence-electron chi connectivity index (χ4n) is 2.73. The number of aliphatic carboxylic acids is 1. The number of carboxylic acid groups (broad SMARTS) is 1. The van der Waals surface area contributed by atoms with E-state index in [1.165, 1.54) is 4.90 Å². The third-order valence-corrected chi connectivity index (χ3v) is 4.09. The molecule has 2 unspecified atom stereocenters. The normalized spacial score (nSPS) is 23.1. The summed E-state index contributed by atoms with van der Waals surface area (Å²) < 4.78 is 38.5. The Morgan fingerprint density at radius 3 is 2.52 bits per heavy atom. The quantitative estimate of drug-likeness (QED) is 0.531. The van der Waals surface area contributed by atoms with Crippen LogP contribution in [0.2, 0.25) is 6.32 Å². The zero-order valence-electron chi connectivity index (χ0n) is 12.0. The van der Waals surface area contributed by atoms with Gasteiger partial charge in [-0.1, -0.05) is 19.2 Å². The van der Waals surface area contributed by atoms with Gasteiger partial charge in [-0.25, -0.2) is 0 Å². The number of halogens is 3. The first-order chi connectivity index (χ1) is 9.70. The lowest BCUT2D eigenvalue weighted by Crippen LogP contribution is -2.51. The van der Waals surface area contributed by atoms with E-state index in [1.807, 2.05) is 0 Å². The van der Waals surface area contributed by atoms with Crippen molar-refractivity contribution in [2.75, 3.05) is 13.1 Å². The summed E-state index contributed by atoms with van der Waals surface area (Å²) in [6.07, 6.45) is -1.83. The van der Waals surface area contributed by atoms with E-state index in [-0.39, 0.29) is 25.8 Å². The maximum absolute atomic E-state index is 12.8. The van der Waals surface area contributed by atoms with Crippen molar-refractivity contribution < 1.29 is 23.1 Å². The highest BCUT2D eigenvalue weighted by atomic mass is 19.4. The van der Waals surface area contributed by atoms with Crippen LogP contribution in [0.3, 0.4) is 0 Å². The number of rotatable bonds is 8. The molecule has 0 spiro atoms. The molecule has 1 heterocycles. The highest BCUT2D eigenvalue weighted by Gasteiger charge is 2.46.